The lowest BCUT2D eigenvalue weighted by Crippen LogP contribution is -2.24. The maximum atomic E-state index is 11.4. The van der Waals surface area contributed by atoms with Crippen molar-refractivity contribution in [3.8, 4) is 0 Å². The summed E-state index contributed by atoms with van der Waals surface area (Å²) in [5.41, 5.74) is 4.71. The van der Waals surface area contributed by atoms with Gasteiger partial charge in [-0.05, 0) is 19.2 Å². The molecule has 1 aromatic heterocycles. The van der Waals surface area contributed by atoms with Crippen LogP contribution >= 0.6 is 0 Å². The van der Waals surface area contributed by atoms with Gasteiger partial charge in [0.1, 0.15) is 10.6 Å². The highest BCUT2D eigenvalue weighted by Crippen LogP contribution is 2.11. The van der Waals surface area contributed by atoms with E-state index in [0.29, 0.717) is 0 Å². The first-order valence-electron chi connectivity index (χ1n) is 3.67. The second kappa shape index (κ2) is 3.72. The molecule has 76 valence electrons. The van der Waals surface area contributed by atoms with Crippen LogP contribution in [0.2, 0.25) is 0 Å². The number of primary amides is 1. The average Bonchev–Trinajstić information content (AvgIpc) is 2.18. The Labute approximate surface area is 81.2 Å². The maximum Gasteiger partial charge on any atom is 0.268 e. The number of amides is 1. The Balaban J connectivity index is 3.42. The molecule has 6 nitrogen and oxygen atoms in total. The Morgan fingerprint density at radius 3 is 2.71 bits per heavy atom. The standard InChI is InChI=1S/C7H9N3O3S/c1-9-14(12,13)5-3-2-4-10-6(5)7(8)11/h2-4,9H,1H3,(H2,8,11). The minimum absolute atomic E-state index is 0.213. The molecule has 0 spiro atoms. The first-order chi connectivity index (χ1) is 6.49. The number of hydrogen-bond acceptors (Lipinski definition) is 4. The van der Waals surface area contributed by atoms with E-state index in [1.54, 1.807) is 0 Å². The summed E-state index contributed by atoms with van der Waals surface area (Å²) >= 11 is 0. The van der Waals surface area contributed by atoms with E-state index in [1.807, 2.05) is 0 Å². The number of aromatic nitrogens is 1. The van der Waals surface area contributed by atoms with E-state index in [-0.39, 0.29) is 10.6 Å². The van der Waals surface area contributed by atoms with Crippen molar-refractivity contribution in [1.82, 2.24) is 9.71 Å². The molecule has 0 aliphatic carbocycles. The maximum absolute atomic E-state index is 11.4. The van der Waals surface area contributed by atoms with Crippen molar-refractivity contribution >= 4 is 15.9 Å². The minimum Gasteiger partial charge on any atom is -0.364 e. The molecule has 0 fully saturated rings. The number of sulfonamides is 1. The molecule has 1 rings (SSSR count). The first kappa shape index (κ1) is 10.6. The number of nitrogens with one attached hydrogen (secondary N) is 1. The van der Waals surface area contributed by atoms with Crippen LogP contribution in [-0.4, -0.2) is 26.4 Å². The third kappa shape index (κ3) is 1.88. The van der Waals surface area contributed by atoms with Crippen LogP contribution in [0.4, 0.5) is 0 Å². The molecule has 0 aliphatic heterocycles. The number of hydrogen-bond donors (Lipinski definition) is 2. The molecular formula is C7H9N3O3S. The monoisotopic (exact) mass is 215 g/mol. The van der Waals surface area contributed by atoms with Gasteiger partial charge in [0.2, 0.25) is 10.0 Å². The normalized spacial score (nSPS) is 11.2. The fourth-order valence-electron chi connectivity index (χ4n) is 0.902. The van der Waals surface area contributed by atoms with Crippen LogP contribution in [0.5, 0.6) is 0 Å². The molecular weight excluding hydrogens is 206 g/mol. The van der Waals surface area contributed by atoms with Gasteiger partial charge in [0.15, 0.2) is 0 Å². The van der Waals surface area contributed by atoms with Gasteiger partial charge in [-0.2, -0.15) is 0 Å². The predicted molar refractivity (Wildman–Crippen MR) is 49.0 cm³/mol. The van der Waals surface area contributed by atoms with Crippen LogP contribution in [0.25, 0.3) is 0 Å². The van der Waals surface area contributed by atoms with Gasteiger partial charge < -0.3 is 5.73 Å². The van der Waals surface area contributed by atoms with Crippen LogP contribution in [0, 0.1) is 0 Å². The molecule has 3 N–H and O–H groups in total. The summed E-state index contributed by atoms with van der Waals surface area (Å²) in [5.74, 6) is -0.876. The largest absolute Gasteiger partial charge is 0.364 e. The topological polar surface area (TPSA) is 102 Å². The highest BCUT2D eigenvalue weighted by molar-refractivity contribution is 7.89. The number of pyridine rings is 1. The molecule has 1 heterocycles. The van der Waals surface area contributed by atoms with Crippen molar-refractivity contribution in [2.24, 2.45) is 5.73 Å². The van der Waals surface area contributed by atoms with Crippen LogP contribution in [0.15, 0.2) is 23.2 Å². The van der Waals surface area contributed by atoms with Gasteiger partial charge in [0.05, 0.1) is 0 Å². The third-order valence-electron chi connectivity index (χ3n) is 1.56. The van der Waals surface area contributed by atoms with Gasteiger partial charge in [0.25, 0.3) is 5.91 Å². The summed E-state index contributed by atoms with van der Waals surface area (Å²) in [4.78, 5) is 14.2. The van der Waals surface area contributed by atoms with Crippen LogP contribution in [0.3, 0.4) is 0 Å². The zero-order valence-corrected chi connectivity index (χ0v) is 8.21. The summed E-state index contributed by atoms with van der Waals surface area (Å²) < 4.78 is 24.8. The minimum atomic E-state index is -3.69. The van der Waals surface area contributed by atoms with Crippen molar-refractivity contribution in [3.63, 3.8) is 0 Å². The first-order valence-corrected chi connectivity index (χ1v) is 5.15. The molecule has 14 heavy (non-hydrogen) atoms. The SMILES string of the molecule is CNS(=O)(=O)c1cccnc1C(N)=O. The fourth-order valence-corrected chi connectivity index (χ4v) is 1.79. The number of rotatable bonds is 3. The van der Waals surface area contributed by atoms with Crippen molar-refractivity contribution in [2.45, 2.75) is 4.90 Å². The van der Waals surface area contributed by atoms with Crippen LogP contribution in [0.1, 0.15) is 10.5 Å². The second-order valence-corrected chi connectivity index (χ2v) is 4.28. The zero-order valence-electron chi connectivity index (χ0n) is 7.39. The molecule has 0 saturated heterocycles. The zero-order chi connectivity index (χ0) is 10.8. The summed E-state index contributed by atoms with van der Waals surface area (Å²) in [5, 5.41) is 0. The lowest BCUT2D eigenvalue weighted by molar-refractivity contribution is 0.0992. The molecule has 7 heteroatoms. The van der Waals surface area contributed by atoms with Crippen LogP contribution < -0.4 is 10.5 Å². The quantitative estimate of drug-likeness (QED) is 0.681. The molecule has 0 bridgehead atoms. The van der Waals surface area contributed by atoms with E-state index in [1.165, 1.54) is 25.4 Å². The summed E-state index contributed by atoms with van der Waals surface area (Å²) in [6.45, 7) is 0. The van der Waals surface area contributed by atoms with Crippen molar-refractivity contribution < 1.29 is 13.2 Å². The van der Waals surface area contributed by atoms with E-state index < -0.39 is 15.9 Å². The molecule has 1 amide bonds. The number of carbonyl (C=O) groups is 1. The third-order valence-corrected chi connectivity index (χ3v) is 3.01. The Hall–Kier alpha value is -1.47. The summed E-state index contributed by atoms with van der Waals surface area (Å²) in [6.07, 6.45) is 1.30. The molecule has 0 saturated carbocycles. The van der Waals surface area contributed by atoms with Gasteiger partial charge in [-0.25, -0.2) is 18.1 Å². The van der Waals surface area contributed by atoms with E-state index in [4.69, 9.17) is 5.73 Å². The molecule has 0 unspecified atom stereocenters. The molecule has 0 radical (unpaired) electrons. The van der Waals surface area contributed by atoms with Crippen molar-refractivity contribution in [1.29, 1.82) is 0 Å². The number of nitrogens with two attached hydrogens (primary N) is 1. The van der Waals surface area contributed by atoms with Gasteiger partial charge >= 0.3 is 0 Å². The van der Waals surface area contributed by atoms with Crippen LogP contribution in [-0.2, 0) is 10.0 Å². The van der Waals surface area contributed by atoms with E-state index in [2.05, 4.69) is 9.71 Å². The highest BCUT2D eigenvalue weighted by Gasteiger charge is 2.19. The Morgan fingerprint density at radius 1 is 1.57 bits per heavy atom. The van der Waals surface area contributed by atoms with Gasteiger partial charge in [-0.15, -0.1) is 0 Å². The van der Waals surface area contributed by atoms with E-state index >= 15 is 0 Å². The van der Waals surface area contributed by atoms with Crippen molar-refractivity contribution in [2.75, 3.05) is 7.05 Å². The lowest BCUT2D eigenvalue weighted by atomic mass is 10.3. The lowest BCUT2D eigenvalue weighted by Gasteiger charge is -2.04. The Kier molecular flexibility index (Phi) is 2.82. The van der Waals surface area contributed by atoms with E-state index in [9.17, 15) is 13.2 Å². The number of nitrogens with zero attached hydrogens (tertiary/aromatic N) is 1. The van der Waals surface area contributed by atoms with Gasteiger partial charge in [0, 0.05) is 6.20 Å². The molecule has 0 aromatic carbocycles. The summed E-state index contributed by atoms with van der Waals surface area (Å²) in [7, 11) is -2.44. The average molecular weight is 215 g/mol. The molecule has 0 atom stereocenters. The molecule has 1 aromatic rings. The molecule has 0 aliphatic rings. The number of carbonyl (C=O) groups excluding carboxylic acids is 1. The smallest absolute Gasteiger partial charge is 0.268 e. The fraction of sp³-hybridized carbons (Fsp3) is 0.143. The Bertz CT molecular complexity index is 455. The Morgan fingerprint density at radius 2 is 2.21 bits per heavy atom. The van der Waals surface area contributed by atoms with Gasteiger partial charge in [-0.3, -0.25) is 4.79 Å². The highest BCUT2D eigenvalue weighted by atomic mass is 32.2. The predicted octanol–water partition coefficient (Wildman–Crippen LogP) is -0.911. The summed E-state index contributed by atoms with van der Waals surface area (Å²) in [6, 6.07) is 2.68. The van der Waals surface area contributed by atoms with E-state index in [0.717, 1.165) is 0 Å². The van der Waals surface area contributed by atoms with Gasteiger partial charge in [-0.1, -0.05) is 0 Å². The van der Waals surface area contributed by atoms with Crippen molar-refractivity contribution in [3.05, 3.63) is 24.0 Å². The second-order valence-electron chi connectivity index (χ2n) is 2.42.